The monoisotopic (exact) mass is 423 g/mol. The lowest BCUT2D eigenvalue weighted by atomic mass is 9.86. The number of ether oxygens (including phenoxy) is 1. The van der Waals surface area contributed by atoms with Gasteiger partial charge in [-0.05, 0) is 54.3 Å². The second-order valence-corrected chi connectivity index (χ2v) is 7.92. The van der Waals surface area contributed by atoms with Crippen molar-refractivity contribution in [1.82, 2.24) is 0 Å². The lowest BCUT2D eigenvalue weighted by Crippen LogP contribution is -2.30. The number of esters is 1. The Kier molecular flexibility index (Phi) is 5.78. The highest BCUT2D eigenvalue weighted by molar-refractivity contribution is 6.06. The SMILES string of the molecule is C=C1C(Cc2ccc(C(C)=O)cc2)=C(C(=O)OC)N(c2ccccc2)c2cc(C)ccc21. The number of carbonyl (C=O) groups is 2. The fraction of sp³-hybridized carbons (Fsp3) is 0.143. The maximum absolute atomic E-state index is 13.1. The molecule has 0 amide bonds. The van der Waals surface area contributed by atoms with Gasteiger partial charge in [0.05, 0.1) is 12.8 Å². The highest BCUT2D eigenvalue weighted by atomic mass is 16.5. The lowest BCUT2D eigenvalue weighted by molar-refractivity contribution is -0.136. The van der Waals surface area contributed by atoms with Gasteiger partial charge in [-0.1, -0.05) is 61.2 Å². The first-order valence-corrected chi connectivity index (χ1v) is 10.5. The topological polar surface area (TPSA) is 46.6 Å². The van der Waals surface area contributed by atoms with Gasteiger partial charge < -0.3 is 9.64 Å². The van der Waals surface area contributed by atoms with Crippen LogP contribution in [0.15, 0.2) is 90.6 Å². The van der Waals surface area contributed by atoms with Crippen molar-refractivity contribution in [2.24, 2.45) is 0 Å². The summed E-state index contributed by atoms with van der Waals surface area (Å²) in [6.45, 7) is 7.93. The third-order valence-electron chi connectivity index (χ3n) is 5.73. The van der Waals surface area contributed by atoms with Crippen LogP contribution < -0.4 is 4.90 Å². The Morgan fingerprint density at radius 1 is 0.969 bits per heavy atom. The van der Waals surface area contributed by atoms with Crippen LogP contribution in [0.3, 0.4) is 0 Å². The first-order chi connectivity index (χ1) is 15.4. The van der Waals surface area contributed by atoms with Crippen LogP contribution in [0.25, 0.3) is 5.57 Å². The first-order valence-electron chi connectivity index (χ1n) is 10.5. The number of benzene rings is 3. The van der Waals surface area contributed by atoms with Crippen LogP contribution in [0.2, 0.25) is 0 Å². The van der Waals surface area contributed by atoms with Gasteiger partial charge in [0, 0.05) is 23.2 Å². The molecule has 0 radical (unpaired) electrons. The maximum Gasteiger partial charge on any atom is 0.355 e. The van der Waals surface area contributed by atoms with Gasteiger partial charge in [-0.25, -0.2) is 4.79 Å². The molecule has 0 spiro atoms. The molecule has 4 rings (SSSR count). The number of hydrogen-bond acceptors (Lipinski definition) is 4. The zero-order valence-electron chi connectivity index (χ0n) is 18.5. The van der Waals surface area contributed by atoms with Gasteiger partial charge in [-0.3, -0.25) is 4.79 Å². The zero-order valence-corrected chi connectivity index (χ0v) is 18.5. The van der Waals surface area contributed by atoms with Gasteiger partial charge >= 0.3 is 5.97 Å². The second kappa shape index (κ2) is 8.67. The summed E-state index contributed by atoms with van der Waals surface area (Å²) in [5.74, 6) is -0.398. The van der Waals surface area contributed by atoms with Gasteiger partial charge in [0.25, 0.3) is 0 Å². The van der Waals surface area contributed by atoms with E-state index in [1.165, 1.54) is 7.11 Å². The predicted molar refractivity (Wildman–Crippen MR) is 128 cm³/mol. The van der Waals surface area contributed by atoms with Crippen molar-refractivity contribution >= 4 is 28.7 Å². The average Bonchev–Trinajstić information content (AvgIpc) is 2.80. The van der Waals surface area contributed by atoms with Gasteiger partial charge in [0.1, 0.15) is 5.70 Å². The molecule has 1 heterocycles. The molecule has 0 atom stereocenters. The fourth-order valence-corrected chi connectivity index (χ4v) is 4.05. The molecule has 0 bridgehead atoms. The zero-order chi connectivity index (χ0) is 22.8. The van der Waals surface area contributed by atoms with Crippen LogP contribution in [-0.2, 0) is 16.0 Å². The van der Waals surface area contributed by atoms with E-state index in [1.807, 2.05) is 66.4 Å². The van der Waals surface area contributed by atoms with Crippen LogP contribution in [0.1, 0.15) is 34.0 Å². The molecular formula is C28H25NO3. The summed E-state index contributed by atoms with van der Waals surface area (Å²) in [6.07, 6.45) is 0.484. The smallest absolute Gasteiger partial charge is 0.355 e. The molecule has 3 aromatic carbocycles. The van der Waals surface area contributed by atoms with Crippen molar-refractivity contribution in [2.75, 3.05) is 12.0 Å². The van der Waals surface area contributed by atoms with E-state index in [9.17, 15) is 9.59 Å². The lowest BCUT2D eigenvalue weighted by Gasteiger charge is -2.35. The van der Waals surface area contributed by atoms with Crippen LogP contribution in [0.5, 0.6) is 0 Å². The average molecular weight is 424 g/mol. The summed E-state index contributed by atoms with van der Waals surface area (Å²) >= 11 is 0. The maximum atomic E-state index is 13.1. The van der Waals surface area contributed by atoms with Gasteiger partial charge in [-0.15, -0.1) is 0 Å². The summed E-state index contributed by atoms with van der Waals surface area (Å²) in [4.78, 5) is 26.7. The van der Waals surface area contributed by atoms with E-state index in [1.54, 1.807) is 6.92 Å². The molecule has 3 aromatic rings. The number of para-hydroxylation sites is 1. The quantitative estimate of drug-likeness (QED) is 0.371. The van der Waals surface area contributed by atoms with Crippen molar-refractivity contribution in [3.63, 3.8) is 0 Å². The molecule has 0 fully saturated rings. The molecule has 0 N–H and O–H groups in total. The Morgan fingerprint density at radius 2 is 1.66 bits per heavy atom. The van der Waals surface area contributed by atoms with E-state index in [0.717, 1.165) is 39.2 Å². The van der Waals surface area contributed by atoms with E-state index >= 15 is 0 Å². The highest BCUT2D eigenvalue weighted by Crippen LogP contribution is 2.45. The number of Topliss-reactive ketones (excluding diaryl/α,β-unsaturated/α-hetero) is 1. The number of anilines is 2. The summed E-state index contributed by atoms with van der Waals surface area (Å²) in [7, 11) is 1.40. The second-order valence-electron chi connectivity index (χ2n) is 7.92. The molecule has 4 nitrogen and oxygen atoms in total. The molecule has 0 unspecified atom stereocenters. The number of aryl methyl sites for hydroxylation is 1. The van der Waals surface area contributed by atoms with Gasteiger partial charge in [0.15, 0.2) is 5.78 Å². The molecule has 4 heteroatoms. The van der Waals surface area contributed by atoms with E-state index in [4.69, 9.17) is 4.74 Å². The molecule has 0 saturated heterocycles. The van der Waals surface area contributed by atoms with E-state index in [0.29, 0.717) is 17.7 Å². The first kappa shape index (κ1) is 21.3. The molecule has 32 heavy (non-hydrogen) atoms. The minimum Gasteiger partial charge on any atom is -0.464 e. The number of carbonyl (C=O) groups excluding carboxylic acids is 2. The van der Waals surface area contributed by atoms with Crippen LogP contribution in [-0.4, -0.2) is 18.9 Å². The number of allylic oxidation sites excluding steroid dienone is 2. The summed E-state index contributed by atoms with van der Waals surface area (Å²) in [5, 5.41) is 0. The minimum atomic E-state index is -0.419. The Morgan fingerprint density at radius 3 is 2.28 bits per heavy atom. The summed E-state index contributed by atoms with van der Waals surface area (Å²) < 4.78 is 5.23. The molecule has 0 aliphatic carbocycles. The van der Waals surface area contributed by atoms with Crippen LogP contribution in [0.4, 0.5) is 11.4 Å². The molecule has 1 aliphatic heterocycles. The van der Waals surface area contributed by atoms with Crippen molar-refractivity contribution in [1.29, 1.82) is 0 Å². The summed E-state index contributed by atoms with van der Waals surface area (Å²) in [5.41, 5.74) is 7.52. The summed E-state index contributed by atoms with van der Waals surface area (Å²) in [6, 6.07) is 23.4. The molecule has 0 aromatic heterocycles. The van der Waals surface area contributed by atoms with Crippen LogP contribution >= 0.6 is 0 Å². The van der Waals surface area contributed by atoms with Crippen molar-refractivity contribution in [3.8, 4) is 0 Å². The van der Waals surface area contributed by atoms with Crippen LogP contribution in [0, 0.1) is 6.92 Å². The molecular weight excluding hydrogens is 398 g/mol. The van der Waals surface area contributed by atoms with E-state index < -0.39 is 5.97 Å². The number of fused-ring (bicyclic) bond motifs is 1. The minimum absolute atomic E-state index is 0.0210. The highest BCUT2D eigenvalue weighted by Gasteiger charge is 2.33. The number of rotatable bonds is 5. The number of hydrogen-bond donors (Lipinski definition) is 0. The standard InChI is InChI=1S/C28H25NO3/c1-18-10-15-24-19(2)25(17-21-11-13-22(14-12-21)20(3)30)27(28(31)32-4)29(26(24)16-18)23-8-6-5-7-9-23/h5-16H,2,17H2,1,3-4H3. The number of methoxy groups -OCH3 is 1. The molecule has 160 valence electrons. The predicted octanol–water partition coefficient (Wildman–Crippen LogP) is 6.03. The van der Waals surface area contributed by atoms with E-state index in [2.05, 4.69) is 24.8 Å². The Labute approximate surface area is 188 Å². The Bertz CT molecular complexity index is 1240. The van der Waals surface area contributed by atoms with Crippen molar-refractivity contribution in [2.45, 2.75) is 20.3 Å². The Hall–Kier alpha value is -3.92. The normalized spacial score (nSPS) is 13.1. The van der Waals surface area contributed by atoms with Gasteiger partial charge in [0.2, 0.25) is 0 Å². The number of nitrogens with zero attached hydrogens (tertiary/aromatic N) is 1. The van der Waals surface area contributed by atoms with Crippen molar-refractivity contribution < 1.29 is 14.3 Å². The third kappa shape index (κ3) is 3.87. The molecule has 1 aliphatic rings. The van der Waals surface area contributed by atoms with Gasteiger partial charge in [-0.2, -0.15) is 0 Å². The van der Waals surface area contributed by atoms with E-state index in [-0.39, 0.29) is 5.78 Å². The molecule has 0 saturated carbocycles. The Balaban J connectivity index is 1.92. The number of ketones is 1. The largest absolute Gasteiger partial charge is 0.464 e. The third-order valence-corrected chi connectivity index (χ3v) is 5.73. The van der Waals surface area contributed by atoms with Crippen molar-refractivity contribution in [3.05, 3.63) is 113 Å². The fourth-order valence-electron chi connectivity index (χ4n) is 4.05.